The van der Waals surface area contributed by atoms with Crippen molar-refractivity contribution >= 4 is 5.97 Å². The molecule has 1 aromatic heterocycles. The number of rotatable bonds is 3. The van der Waals surface area contributed by atoms with Crippen LogP contribution >= 0.6 is 0 Å². The monoisotopic (exact) mass is 238 g/mol. The molecule has 0 radical (unpaired) electrons. The van der Waals surface area contributed by atoms with Crippen molar-refractivity contribution in [1.82, 2.24) is 20.2 Å². The van der Waals surface area contributed by atoms with E-state index in [1.807, 2.05) is 6.92 Å². The third kappa shape index (κ3) is 2.27. The summed E-state index contributed by atoms with van der Waals surface area (Å²) in [4.78, 5) is 11.4. The summed E-state index contributed by atoms with van der Waals surface area (Å²) in [7, 11) is 1.36. The topological polar surface area (TPSA) is 79.1 Å². The number of nitrogens with zero attached hydrogens (tertiary/aromatic N) is 4. The maximum atomic E-state index is 11.4. The molecule has 0 aromatic carbocycles. The van der Waals surface area contributed by atoms with Crippen LogP contribution in [-0.2, 0) is 20.8 Å². The van der Waals surface area contributed by atoms with Gasteiger partial charge in [0.2, 0.25) is 0 Å². The number of tetrazole rings is 1. The Morgan fingerprint density at radius 2 is 2.35 bits per heavy atom. The summed E-state index contributed by atoms with van der Waals surface area (Å²) in [6.45, 7) is 4.10. The molecule has 0 bridgehead atoms. The summed E-state index contributed by atoms with van der Waals surface area (Å²) in [5, 5.41) is 11.2. The Hall–Kier alpha value is -1.92. The highest BCUT2D eigenvalue weighted by atomic mass is 16.5. The van der Waals surface area contributed by atoms with E-state index in [1.165, 1.54) is 7.11 Å². The zero-order valence-electron chi connectivity index (χ0n) is 10.0. The molecule has 2 rings (SSSR count). The Kier molecular flexibility index (Phi) is 3.08. The molecule has 0 amide bonds. The highest BCUT2D eigenvalue weighted by molar-refractivity contribution is 5.89. The van der Waals surface area contributed by atoms with Gasteiger partial charge in [-0.25, -0.2) is 9.48 Å². The first-order valence-corrected chi connectivity index (χ1v) is 5.29. The second-order valence-electron chi connectivity index (χ2n) is 3.88. The minimum absolute atomic E-state index is 0.119. The first kappa shape index (κ1) is 11.6. The van der Waals surface area contributed by atoms with Gasteiger partial charge in [0.05, 0.1) is 19.2 Å². The van der Waals surface area contributed by atoms with Gasteiger partial charge in [-0.1, -0.05) is 0 Å². The molecule has 1 atom stereocenters. The van der Waals surface area contributed by atoms with Gasteiger partial charge >= 0.3 is 5.97 Å². The summed E-state index contributed by atoms with van der Waals surface area (Å²) in [5.74, 6) is 1.00. The third-order valence-electron chi connectivity index (χ3n) is 2.72. The van der Waals surface area contributed by atoms with Crippen LogP contribution in [0.25, 0.3) is 0 Å². The number of aryl methyl sites for hydroxylation is 1. The number of hydrogen-bond acceptors (Lipinski definition) is 6. The van der Waals surface area contributed by atoms with Gasteiger partial charge < -0.3 is 9.47 Å². The zero-order valence-corrected chi connectivity index (χ0v) is 10.0. The highest BCUT2D eigenvalue weighted by Crippen LogP contribution is 2.26. The number of methoxy groups -OCH3 is 1. The van der Waals surface area contributed by atoms with E-state index in [9.17, 15) is 4.79 Å². The van der Waals surface area contributed by atoms with Gasteiger partial charge in [-0.15, -0.1) is 5.10 Å². The molecule has 0 N–H and O–H groups in total. The molecule has 17 heavy (non-hydrogen) atoms. The number of hydrogen-bond donors (Lipinski definition) is 0. The normalized spacial score (nSPS) is 19.4. The van der Waals surface area contributed by atoms with E-state index >= 15 is 0 Å². The van der Waals surface area contributed by atoms with Crippen molar-refractivity contribution in [2.75, 3.05) is 7.11 Å². The van der Waals surface area contributed by atoms with Crippen LogP contribution in [0.5, 0.6) is 0 Å². The van der Waals surface area contributed by atoms with Crippen LogP contribution < -0.4 is 0 Å². The molecule has 2 heterocycles. The molecule has 7 heteroatoms. The predicted molar refractivity (Wildman–Crippen MR) is 56.8 cm³/mol. The van der Waals surface area contributed by atoms with Crippen LogP contribution in [0, 0.1) is 6.92 Å². The van der Waals surface area contributed by atoms with Gasteiger partial charge in [0, 0.05) is 6.42 Å². The molecule has 92 valence electrons. The van der Waals surface area contributed by atoms with E-state index in [1.54, 1.807) is 11.6 Å². The molecule has 1 aromatic rings. The molecule has 0 saturated carbocycles. The SMILES string of the molecule is COC(=O)C1=C(C)OC(Cn2nnnc2C)C1. The average molecular weight is 238 g/mol. The number of esters is 1. The molecular weight excluding hydrogens is 224 g/mol. The standard InChI is InChI=1S/C10H14N4O3/c1-6-9(10(15)16-3)4-8(17-6)5-14-7(2)11-12-13-14/h8H,4-5H2,1-3H3. The fraction of sp³-hybridized carbons (Fsp3) is 0.600. The van der Waals surface area contributed by atoms with Crippen molar-refractivity contribution in [3.63, 3.8) is 0 Å². The Labute approximate surface area is 98.4 Å². The third-order valence-corrected chi connectivity index (χ3v) is 2.72. The number of ether oxygens (including phenoxy) is 2. The zero-order chi connectivity index (χ0) is 12.4. The van der Waals surface area contributed by atoms with Crippen LogP contribution in [0.15, 0.2) is 11.3 Å². The van der Waals surface area contributed by atoms with Crippen LogP contribution in [-0.4, -0.2) is 39.4 Å². The number of allylic oxidation sites excluding steroid dienone is 1. The molecule has 0 aliphatic carbocycles. The summed E-state index contributed by atoms with van der Waals surface area (Å²) in [6, 6.07) is 0. The first-order valence-electron chi connectivity index (χ1n) is 5.29. The second kappa shape index (κ2) is 4.52. The number of carbonyl (C=O) groups is 1. The second-order valence-corrected chi connectivity index (χ2v) is 3.88. The maximum Gasteiger partial charge on any atom is 0.337 e. The van der Waals surface area contributed by atoms with Gasteiger partial charge in [-0.05, 0) is 24.3 Å². The van der Waals surface area contributed by atoms with E-state index in [4.69, 9.17) is 4.74 Å². The smallest absolute Gasteiger partial charge is 0.337 e. The largest absolute Gasteiger partial charge is 0.492 e. The van der Waals surface area contributed by atoms with Crippen molar-refractivity contribution in [2.45, 2.75) is 32.9 Å². The van der Waals surface area contributed by atoms with E-state index < -0.39 is 0 Å². The van der Waals surface area contributed by atoms with Crippen molar-refractivity contribution in [1.29, 1.82) is 0 Å². The minimum Gasteiger partial charge on any atom is -0.492 e. The molecule has 1 aliphatic heterocycles. The maximum absolute atomic E-state index is 11.4. The lowest BCUT2D eigenvalue weighted by Crippen LogP contribution is -2.18. The summed E-state index contributed by atoms with van der Waals surface area (Å²) < 4.78 is 11.9. The van der Waals surface area contributed by atoms with Crippen LogP contribution in [0.4, 0.5) is 0 Å². The Morgan fingerprint density at radius 3 is 2.94 bits per heavy atom. The summed E-state index contributed by atoms with van der Waals surface area (Å²) in [6.07, 6.45) is 0.406. The summed E-state index contributed by atoms with van der Waals surface area (Å²) >= 11 is 0. The first-order chi connectivity index (χ1) is 8.11. The van der Waals surface area contributed by atoms with Gasteiger partial charge in [-0.3, -0.25) is 0 Å². The van der Waals surface area contributed by atoms with Crippen molar-refractivity contribution in [3.05, 3.63) is 17.2 Å². The van der Waals surface area contributed by atoms with E-state index in [0.29, 0.717) is 24.3 Å². The van der Waals surface area contributed by atoms with Gasteiger partial charge in [0.15, 0.2) is 0 Å². The van der Waals surface area contributed by atoms with Crippen LogP contribution in [0.2, 0.25) is 0 Å². The Balaban J connectivity index is 2.01. The summed E-state index contributed by atoms with van der Waals surface area (Å²) in [5.41, 5.74) is 0.586. The van der Waals surface area contributed by atoms with E-state index in [0.717, 1.165) is 5.82 Å². The van der Waals surface area contributed by atoms with Gasteiger partial charge in [0.1, 0.15) is 17.7 Å². The Morgan fingerprint density at radius 1 is 1.59 bits per heavy atom. The highest BCUT2D eigenvalue weighted by Gasteiger charge is 2.29. The van der Waals surface area contributed by atoms with E-state index in [2.05, 4.69) is 20.3 Å². The quantitative estimate of drug-likeness (QED) is 0.701. The van der Waals surface area contributed by atoms with Crippen molar-refractivity contribution < 1.29 is 14.3 Å². The number of carbonyl (C=O) groups excluding carboxylic acids is 1. The molecule has 1 aliphatic rings. The van der Waals surface area contributed by atoms with Crippen molar-refractivity contribution in [2.24, 2.45) is 0 Å². The predicted octanol–water partition coefficient (Wildman–Crippen LogP) is 0.217. The van der Waals surface area contributed by atoms with Crippen LogP contribution in [0.1, 0.15) is 19.2 Å². The minimum atomic E-state index is -0.335. The molecule has 1 unspecified atom stereocenters. The fourth-order valence-corrected chi connectivity index (χ4v) is 1.80. The number of aromatic nitrogens is 4. The van der Waals surface area contributed by atoms with Crippen molar-refractivity contribution in [3.8, 4) is 0 Å². The van der Waals surface area contributed by atoms with Crippen LogP contribution in [0.3, 0.4) is 0 Å². The molecule has 0 fully saturated rings. The average Bonchev–Trinajstić information content (AvgIpc) is 2.86. The molecular formula is C10H14N4O3. The lowest BCUT2D eigenvalue weighted by Gasteiger charge is -2.11. The van der Waals surface area contributed by atoms with Gasteiger partial charge in [-0.2, -0.15) is 0 Å². The Bertz CT molecular complexity index is 466. The molecule has 0 spiro atoms. The lowest BCUT2D eigenvalue weighted by molar-refractivity contribution is -0.136. The van der Waals surface area contributed by atoms with Gasteiger partial charge in [0.25, 0.3) is 0 Å². The van der Waals surface area contributed by atoms with E-state index in [-0.39, 0.29) is 12.1 Å². The fourth-order valence-electron chi connectivity index (χ4n) is 1.80. The molecule has 7 nitrogen and oxygen atoms in total. The molecule has 0 saturated heterocycles. The lowest BCUT2D eigenvalue weighted by atomic mass is 10.1.